The van der Waals surface area contributed by atoms with Crippen LogP contribution in [0.2, 0.25) is 0 Å². The van der Waals surface area contributed by atoms with E-state index in [9.17, 15) is 14.9 Å². The van der Waals surface area contributed by atoms with Crippen LogP contribution in [0, 0.1) is 10.1 Å². The number of carbonyl (C=O) groups is 1. The maximum absolute atomic E-state index is 13.6. The molecule has 1 amide bonds. The number of nitrogens with zero attached hydrogens (tertiary/aromatic N) is 2. The van der Waals surface area contributed by atoms with Gasteiger partial charge in [-0.15, -0.1) is 0 Å². The van der Waals surface area contributed by atoms with Crippen molar-refractivity contribution in [3.05, 3.63) is 64.2 Å². The molecule has 3 aromatic rings. The Morgan fingerprint density at radius 3 is 2.27 bits per heavy atom. The number of nitro groups is 1. The molecular weight excluding hydrogens is 388 g/mol. The van der Waals surface area contributed by atoms with Crippen molar-refractivity contribution in [3.63, 3.8) is 0 Å². The number of hydrogen-bond acceptors (Lipinski definition) is 6. The van der Waals surface area contributed by atoms with Crippen molar-refractivity contribution in [1.82, 2.24) is 0 Å². The van der Waals surface area contributed by atoms with Gasteiger partial charge in [0.25, 0.3) is 5.91 Å². The molecule has 0 unspecified atom stereocenters. The number of amides is 1. The van der Waals surface area contributed by atoms with Crippen LogP contribution in [0.5, 0.6) is 17.2 Å². The molecule has 0 spiro atoms. The fourth-order valence-electron chi connectivity index (χ4n) is 3.50. The molecular formula is C22H22N2O6. The highest BCUT2D eigenvalue weighted by Gasteiger charge is 2.34. The minimum absolute atomic E-state index is 0.0523. The Labute approximate surface area is 173 Å². The Balaban J connectivity index is 2.25. The maximum Gasteiger partial charge on any atom is 0.327 e. The first-order chi connectivity index (χ1) is 14.5. The zero-order valence-corrected chi connectivity index (χ0v) is 17.2. The fourth-order valence-corrected chi connectivity index (χ4v) is 3.50. The van der Waals surface area contributed by atoms with Crippen molar-refractivity contribution >= 4 is 28.1 Å². The van der Waals surface area contributed by atoms with E-state index in [2.05, 4.69) is 0 Å². The van der Waals surface area contributed by atoms with Crippen LogP contribution in [0.4, 0.5) is 11.4 Å². The Bertz CT molecular complexity index is 1110. The Kier molecular flexibility index (Phi) is 6.06. The molecule has 0 radical (unpaired) electrons. The second-order valence-electron chi connectivity index (χ2n) is 6.35. The molecule has 8 nitrogen and oxygen atoms in total. The minimum atomic E-state index is -0.648. The SMILES string of the molecule is CCN(C(=O)c1cc(OC)c(OC)c(OC)c1[N+](=O)[O-])c1cccc2ccccc12. The first-order valence-corrected chi connectivity index (χ1v) is 9.25. The molecule has 0 aliphatic heterocycles. The van der Waals surface area contributed by atoms with Gasteiger partial charge in [-0.3, -0.25) is 14.9 Å². The summed E-state index contributed by atoms with van der Waals surface area (Å²) in [7, 11) is 4.01. The molecule has 0 bridgehead atoms. The summed E-state index contributed by atoms with van der Waals surface area (Å²) < 4.78 is 15.8. The van der Waals surface area contributed by atoms with Gasteiger partial charge in [-0.05, 0) is 18.4 Å². The predicted octanol–water partition coefficient (Wildman–Crippen LogP) is 4.44. The zero-order valence-electron chi connectivity index (χ0n) is 17.2. The lowest BCUT2D eigenvalue weighted by Gasteiger charge is -2.24. The minimum Gasteiger partial charge on any atom is -0.493 e. The van der Waals surface area contributed by atoms with Gasteiger partial charge in [0.2, 0.25) is 11.5 Å². The highest BCUT2D eigenvalue weighted by atomic mass is 16.6. The molecule has 0 heterocycles. The average molecular weight is 410 g/mol. The molecule has 156 valence electrons. The molecule has 0 aliphatic rings. The lowest BCUT2D eigenvalue weighted by Crippen LogP contribution is -2.31. The lowest BCUT2D eigenvalue weighted by molar-refractivity contribution is -0.386. The topological polar surface area (TPSA) is 91.1 Å². The normalized spacial score (nSPS) is 10.5. The van der Waals surface area contributed by atoms with Gasteiger partial charge in [0, 0.05) is 18.0 Å². The number of carbonyl (C=O) groups excluding carboxylic acids is 1. The van der Waals surface area contributed by atoms with Crippen LogP contribution in [-0.2, 0) is 0 Å². The molecule has 8 heteroatoms. The molecule has 30 heavy (non-hydrogen) atoms. The Hall–Kier alpha value is -3.81. The van der Waals surface area contributed by atoms with E-state index < -0.39 is 16.5 Å². The smallest absolute Gasteiger partial charge is 0.327 e. The number of fused-ring (bicyclic) bond motifs is 1. The highest BCUT2D eigenvalue weighted by molar-refractivity contribution is 6.13. The fraction of sp³-hybridized carbons (Fsp3) is 0.227. The summed E-state index contributed by atoms with van der Waals surface area (Å²) in [6.07, 6.45) is 0. The first kappa shape index (κ1) is 20.9. The number of benzene rings is 3. The third-order valence-electron chi connectivity index (χ3n) is 4.84. The van der Waals surface area contributed by atoms with Crippen LogP contribution >= 0.6 is 0 Å². The molecule has 0 fully saturated rings. The summed E-state index contributed by atoms with van der Waals surface area (Å²) in [6, 6.07) is 14.6. The molecule has 0 N–H and O–H groups in total. The summed E-state index contributed by atoms with van der Waals surface area (Å²) in [5.41, 5.74) is 0.0340. The van der Waals surface area contributed by atoms with Crippen LogP contribution in [0.3, 0.4) is 0 Å². The third kappa shape index (κ3) is 3.47. The summed E-state index contributed by atoms with van der Waals surface area (Å²) >= 11 is 0. The van der Waals surface area contributed by atoms with Gasteiger partial charge in [0.1, 0.15) is 5.56 Å². The number of ether oxygens (including phenoxy) is 3. The number of rotatable bonds is 7. The molecule has 3 aromatic carbocycles. The van der Waals surface area contributed by atoms with Gasteiger partial charge < -0.3 is 19.1 Å². The van der Waals surface area contributed by atoms with Crippen molar-refractivity contribution in [2.24, 2.45) is 0 Å². The van der Waals surface area contributed by atoms with E-state index in [4.69, 9.17) is 14.2 Å². The maximum atomic E-state index is 13.6. The van der Waals surface area contributed by atoms with E-state index in [0.717, 1.165) is 10.8 Å². The molecule has 0 aliphatic carbocycles. The van der Waals surface area contributed by atoms with Gasteiger partial charge >= 0.3 is 5.69 Å². The van der Waals surface area contributed by atoms with Gasteiger partial charge in [-0.25, -0.2) is 0 Å². The van der Waals surface area contributed by atoms with Gasteiger partial charge in [0.05, 0.1) is 31.9 Å². The quantitative estimate of drug-likeness (QED) is 0.422. The number of nitro benzene ring substituents is 1. The molecule has 0 saturated carbocycles. The molecule has 3 rings (SSSR count). The van der Waals surface area contributed by atoms with Crippen LogP contribution in [0.25, 0.3) is 10.8 Å². The van der Waals surface area contributed by atoms with Crippen LogP contribution in [0.15, 0.2) is 48.5 Å². The average Bonchev–Trinajstić information content (AvgIpc) is 2.77. The molecule has 0 atom stereocenters. The van der Waals surface area contributed by atoms with Crippen molar-refractivity contribution in [2.45, 2.75) is 6.92 Å². The second-order valence-corrected chi connectivity index (χ2v) is 6.35. The summed E-state index contributed by atoms with van der Waals surface area (Å²) in [5, 5.41) is 13.7. The van der Waals surface area contributed by atoms with Gasteiger partial charge in [-0.1, -0.05) is 36.4 Å². The zero-order chi connectivity index (χ0) is 21.8. The van der Waals surface area contributed by atoms with Crippen molar-refractivity contribution in [2.75, 3.05) is 32.8 Å². The largest absolute Gasteiger partial charge is 0.493 e. The highest BCUT2D eigenvalue weighted by Crippen LogP contribution is 2.46. The summed E-state index contributed by atoms with van der Waals surface area (Å²) in [4.78, 5) is 26.3. The number of anilines is 1. The van der Waals surface area contributed by atoms with E-state index in [1.165, 1.54) is 32.3 Å². The number of hydrogen-bond donors (Lipinski definition) is 0. The van der Waals surface area contributed by atoms with E-state index in [1.54, 1.807) is 0 Å². The van der Waals surface area contributed by atoms with Crippen LogP contribution in [0.1, 0.15) is 17.3 Å². The monoisotopic (exact) mass is 410 g/mol. The summed E-state index contributed by atoms with van der Waals surface area (Å²) in [6.45, 7) is 2.12. The van der Waals surface area contributed by atoms with Gasteiger partial charge in [-0.2, -0.15) is 0 Å². The van der Waals surface area contributed by atoms with Gasteiger partial charge in [0.15, 0.2) is 5.75 Å². The van der Waals surface area contributed by atoms with Crippen LogP contribution in [-0.4, -0.2) is 38.7 Å². The molecule has 0 saturated heterocycles. The Morgan fingerprint density at radius 2 is 1.67 bits per heavy atom. The van der Waals surface area contributed by atoms with Crippen LogP contribution < -0.4 is 19.1 Å². The van der Waals surface area contributed by atoms with Crippen molar-refractivity contribution < 1.29 is 23.9 Å². The van der Waals surface area contributed by atoms with Crippen molar-refractivity contribution in [3.8, 4) is 17.2 Å². The Morgan fingerprint density at radius 1 is 1.00 bits per heavy atom. The van der Waals surface area contributed by atoms with E-state index in [-0.39, 0.29) is 22.8 Å². The predicted molar refractivity (Wildman–Crippen MR) is 114 cm³/mol. The third-order valence-corrected chi connectivity index (χ3v) is 4.84. The van der Waals surface area contributed by atoms with E-state index in [1.807, 2.05) is 49.4 Å². The molecule has 0 aromatic heterocycles. The van der Waals surface area contributed by atoms with E-state index >= 15 is 0 Å². The summed E-state index contributed by atoms with van der Waals surface area (Å²) in [5.74, 6) is -0.493. The van der Waals surface area contributed by atoms with E-state index in [0.29, 0.717) is 12.2 Å². The standard InChI is InChI=1S/C22H22N2O6/c1-5-23(17-12-8-10-14-9-6-7-11-15(14)17)22(25)16-13-18(28-2)20(29-3)21(30-4)19(16)24(26)27/h6-13H,5H2,1-4H3. The first-order valence-electron chi connectivity index (χ1n) is 9.25. The van der Waals surface area contributed by atoms with Crippen molar-refractivity contribution in [1.29, 1.82) is 0 Å². The number of methoxy groups -OCH3 is 3. The second kappa shape index (κ2) is 8.69. The lowest BCUT2D eigenvalue weighted by atomic mass is 10.1.